The summed E-state index contributed by atoms with van der Waals surface area (Å²) in [4.78, 5) is 0. The van der Waals surface area contributed by atoms with E-state index in [1.165, 1.54) is 31.3 Å². The minimum absolute atomic E-state index is 0.0195. The number of fused-ring (bicyclic) bond motifs is 5. The highest BCUT2D eigenvalue weighted by atomic mass is 19.1. The molecule has 30 heavy (non-hydrogen) atoms. The highest BCUT2D eigenvalue weighted by molar-refractivity contribution is 5.42. The van der Waals surface area contributed by atoms with E-state index in [9.17, 15) is 5.11 Å². The molecule has 4 aliphatic rings. The fourth-order valence-electron chi connectivity index (χ4n) is 7.67. The molecule has 1 nitrogen and oxygen atoms in total. The van der Waals surface area contributed by atoms with Crippen LogP contribution in [0.3, 0.4) is 0 Å². The standard InChI is InChI=1S/C28H43FO/c1-17(2)18(3)7-8-19(4)22-9-10-23-21-16-26(29)25-15-20(30)11-13-28(25,6)24(21)12-14-27(22,23)5/h7-8,16-20,22-24,30H,9-15H2,1-6H3/b8-7+/t18-,19+,20-,22+,23-,24-,27+,28+/m0/s1. The van der Waals surface area contributed by atoms with Crippen LogP contribution in [-0.2, 0) is 0 Å². The maximum atomic E-state index is 15.3. The van der Waals surface area contributed by atoms with Gasteiger partial charge in [-0.1, -0.05) is 59.3 Å². The van der Waals surface area contributed by atoms with Crippen LogP contribution in [0.15, 0.2) is 35.2 Å². The molecule has 0 aromatic rings. The minimum Gasteiger partial charge on any atom is -0.393 e. The van der Waals surface area contributed by atoms with Crippen molar-refractivity contribution in [2.75, 3.05) is 0 Å². The predicted octanol–water partition coefficient (Wildman–Crippen LogP) is 7.63. The van der Waals surface area contributed by atoms with E-state index in [1.54, 1.807) is 0 Å². The first-order chi connectivity index (χ1) is 14.1. The normalized spacial score (nSPS) is 43.3. The van der Waals surface area contributed by atoms with Crippen LogP contribution in [0.25, 0.3) is 0 Å². The second-order valence-corrected chi connectivity index (χ2v) is 12.0. The molecule has 0 aromatic heterocycles. The maximum Gasteiger partial charge on any atom is 0.123 e. The Morgan fingerprint density at radius 3 is 2.43 bits per heavy atom. The maximum absolute atomic E-state index is 15.3. The summed E-state index contributed by atoms with van der Waals surface area (Å²) in [6.45, 7) is 14.1. The number of aliphatic hydroxyl groups is 1. The zero-order chi connectivity index (χ0) is 21.8. The topological polar surface area (TPSA) is 20.2 Å². The summed E-state index contributed by atoms with van der Waals surface area (Å²) in [5.41, 5.74) is 2.53. The van der Waals surface area contributed by atoms with E-state index in [0.717, 1.165) is 18.4 Å². The molecule has 1 N–H and O–H groups in total. The van der Waals surface area contributed by atoms with Crippen LogP contribution in [0.2, 0.25) is 0 Å². The second-order valence-electron chi connectivity index (χ2n) is 12.0. The van der Waals surface area contributed by atoms with Crippen LogP contribution in [0.1, 0.15) is 86.5 Å². The van der Waals surface area contributed by atoms with Crippen LogP contribution < -0.4 is 0 Å². The molecule has 3 saturated carbocycles. The van der Waals surface area contributed by atoms with E-state index < -0.39 is 0 Å². The highest BCUT2D eigenvalue weighted by Crippen LogP contribution is 2.66. The van der Waals surface area contributed by atoms with Crippen molar-refractivity contribution < 1.29 is 9.50 Å². The number of allylic oxidation sites excluding steroid dienone is 5. The average Bonchev–Trinajstić information content (AvgIpc) is 3.04. The summed E-state index contributed by atoms with van der Waals surface area (Å²) in [6.07, 6.45) is 13.7. The Hall–Kier alpha value is -0.890. The van der Waals surface area contributed by atoms with E-state index in [4.69, 9.17) is 0 Å². The van der Waals surface area contributed by atoms with Gasteiger partial charge in [-0.2, -0.15) is 0 Å². The van der Waals surface area contributed by atoms with Crippen molar-refractivity contribution in [3.63, 3.8) is 0 Å². The Labute approximate surface area is 183 Å². The molecule has 0 bridgehead atoms. The molecule has 3 fully saturated rings. The Morgan fingerprint density at radius 1 is 1.00 bits per heavy atom. The van der Waals surface area contributed by atoms with E-state index >= 15 is 4.39 Å². The fraction of sp³-hybridized carbons (Fsp3) is 0.786. The lowest BCUT2D eigenvalue weighted by Crippen LogP contribution is -2.47. The summed E-state index contributed by atoms with van der Waals surface area (Å²) in [5, 5.41) is 10.2. The molecular formula is C28H43FO. The SMILES string of the molecule is CC(C)[C@@H](C)/C=C/[C@@H](C)[C@H]1CC[C@H]2C3=CC(F)=C4C[C@@H](O)CC[C@]4(C)[C@H]3CC[C@]12C. The summed E-state index contributed by atoms with van der Waals surface area (Å²) in [5.74, 6) is 3.55. The van der Waals surface area contributed by atoms with Crippen LogP contribution in [0.4, 0.5) is 4.39 Å². The van der Waals surface area contributed by atoms with E-state index in [1.807, 2.05) is 6.08 Å². The van der Waals surface area contributed by atoms with Crippen molar-refractivity contribution in [1.29, 1.82) is 0 Å². The van der Waals surface area contributed by atoms with E-state index in [2.05, 4.69) is 53.7 Å². The van der Waals surface area contributed by atoms with Gasteiger partial charge in [0.15, 0.2) is 0 Å². The lowest BCUT2D eigenvalue weighted by molar-refractivity contribution is 0.0355. The quantitative estimate of drug-likeness (QED) is 0.469. The molecule has 4 rings (SSSR count). The van der Waals surface area contributed by atoms with Gasteiger partial charge in [0.05, 0.1) is 6.10 Å². The van der Waals surface area contributed by atoms with Gasteiger partial charge in [-0.25, -0.2) is 4.39 Å². The first-order valence-electron chi connectivity index (χ1n) is 12.5. The molecule has 0 aliphatic heterocycles. The van der Waals surface area contributed by atoms with E-state index in [-0.39, 0.29) is 22.8 Å². The molecule has 0 amide bonds. The zero-order valence-corrected chi connectivity index (χ0v) is 20.0. The van der Waals surface area contributed by atoms with Crippen molar-refractivity contribution >= 4 is 0 Å². The first kappa shape index (κ1) is 22.3. The summed E-state index contributed by atoms with van der Waals surface area (Å²) < 4.78 is 15.3. The fourth-order valence-corrected chi connectivity index (χ4v) is 7.67. The third-order valence-electron chi connectivity index (χ3n) is 10.1. The summed E-state index contributed by atoms with van der Waals surface area (Å²) >= 11 is 0. The van der Waals surface area contributed by atoms with Gasteiger partial charge in [-0.15, -0.1) is 0 Å². The average molecular weight is 415 g/mol. The Bertz CT molecular complexity index is 761. The summed E-state index contributed by atoms with van der Waals surface area (Å²) in [6, 6.07) is 0. The Balaban J connectivity index is 1.61. The summed E-state index contributed by atoms with van der Waals surface area (Å²) in [7, 11) is 0. The van der Waals surface area contributed by atoms with Crippen molar-refractivity contribution in [2.24, 2.45) is 46.3 Å². The number of halogens is 1. The molecule has 0 aromatic carbocycles. The molecule has 8 atom stereocenters. The number of hydrogen-bond acceptors (Lipinski definition) is 1. The van der Waals surface area contributed by atoms with Gasteiger partial charge in [0.1, 0.15) is 5.83 Å². The van der Waals surface area contributed by atoms with Gasteiger partial charge in [-0.3, -0.25) is 0 Å². The van der Waals surface area contributed by atoms with E-state index in [0.29, 0.717) is 41.9 Å². The monoisotopic (exact) mass is 414 g/mol. The van der Waals surface area contributed by atoms with Gasteiger partial charge < -0.3 is 5.11 Å². The second kappa shape index (κ2) is 7.91. The molecule has 4 aliphatic carbocycles. The van der Waals surface area contributed by atoms with Crippen LogP contribution in [0, 0.1) is 46.3 Å². The Kier molecular flexibility index (Phi) is 5.88. The molecular weight excluding hydrogens is 371 g/mol. The van der Waals surface area contributed by atoms with Gasteiger partial charge in [0, 0.05) is 0 Å². The lowest BCUT2D eigenvalue weighted by atomic mass is 9.50. The molecule has 0 radical (unpaired) electrons. The number of aliphatic hydroxyl groups excluding tert-OH is 1. The molecule has 168 valence electrons. The number of hydrogen-bond donors (Lipinski definition) is 1. The van der Waals surface area contributed by atoms with Crippen molar-refractivity contribution in [1.82, 2.24) is 0 Å². The molecule has 0 unspecified atom stereocenters. The van der Waals surface area contributed by atoms with Gasteiger partial charge in [0.2, 0.25) is 0 Å². The largest absolute Gasteiger partial charge is 0.393 e. The van der Waals surface area contributed by atoms with Crippen LogP contribution >= 0.6 is 0 Å². The predicted molar refractivity (Wildman–Crippen MR) is 124 cm³/mol. The zero-order valence-electron chi connectivity index (χ0n) is 20.0. The lowest BCUT2D eigenvalue weighted by Gasteiger charge is -2.55. The number of rotatable bonds is 4. The molecule has 0 saturated heterocycles. The molecule has 0 heterocycles. The molecule has 2 heteroatoms. The third kappa shape index (κ3) is 3.46. The van der Waals surface area contributed by atoms with Gasteiger partial charge >= 0.3 is 0 Å². The third-order valence-corrected chi connectivity index (χ3v) is 10.1. The molecule has 0 spiro atoms. The first-order valence-corrected chi connectivity index (χ1v) is 12.5. The van der Waals surface area contributed by atoms with Crippen LogP contribution in [0.5, 0.6) is 0 Å². The Morgan fingerprint density at radius 2 is 1.73 bits per heavy atom. The van der Waals surface area contributed by atoms with Crippen molar-refractivity contribution in [3.8, 4) is 0 Å². The van der Waals surface area contributed by atoms with Gasteiger partial charge in [-0.05, 0) is 103 Å². The highest BCUT2D eigenvalue weighted by Gasteiger charge is 2.57. The van der Waals surface area contributed by atoms with Crippen molar-refractivity contribution in [2.45, 2.75) is 92.6 Å². The van der Waals surface area contributed by atoms with Crippen molar-refractivity contribution in [3.05, 3.63) is 35.2 Å². The van der Waals surface area contributed by atoms with Crippen LogP contribution in [-0.4, -0.2) is 11.2 Å². The minimum atomic E-state index is -0.362. The smallest absolute Gasteiger partial charge is 0.123 e. The van der Waals surface area contributed by atoms with Gasteiger partial charge in [0.25, 0.3) is 0 Å².